The van der Waals surface area contributed by atoms with Crippen LogP contribution in [0.5, 0.6) is 0 Å². The minimum Gasteiger partial charge on any atom is -0.293 e. The van der Waals surface area contributed by atoms with Crippen molar-refractivity contribution in [2.24, 2.45) is 0 Å². The number of hydrogen-bond acceptors (Lipinski definition) is 1. The summed E-state index contributed by atoms with van der Waals surface area (Å²) in [6.07, 6.45) is -8.12. The van der Waals surface area contributed by atoms with Gasteiger partial charge in [0.15, 0.2) is 0 Å². The molecule has 0 unspecified atom stereocenters. The average Bonchev–Trinajstić information content (AvgIpc) is 2.17. The Morgan fingerprint density at radius 2 is 1.62 bits per heavy atom. The number of rotatable bonds is 3. The van der Waals surface area contributed by atoms with Gasteiger partial charge in [-0.25, -0.2) is 8.78 Å². The van der Waals surface area contributed by atoms with Gasteiger partial charge in [-0.05, 0) is 17.7 Å². The zero-order valence-electron chi connectivity index (χ0n) is 7.89. The summed E-state index contributed by atoms with van der Waals surface area (Å²) in [6.45, 7) is 0. The van der Waals surface area contributed by atoms with Gasteiger partial charge in [0.1, 0.15) is 0 Å². The maximum atomic E-state index is 12.1. The normalized spacial score (nSPS) is 11.9. The van der Waals surface area contributed by atoms with Crippen LogP contribution in [0.1, 0.15) is 11.1 Å². The molecule has 1 aromatic carbocycles. The average molecular weight is 238 g/mol. The van der Waals surface area contributed by atoms with Crippen molar-refractivity contribution in [1.29, 1.82) is 0 Å². The van der Waals surface area contributed by atoms with Crippen molar-refractivity contribution < 1.29 is 26.7 Å². The van der Waals surface area contributed by atoms with Crippen molar-refractivity contribution in [3.05, 3.63) is 35.4 Å². The van der Waals surface area contributed by atoms with Crippen LogP contribution in [0.25, 0.3) is 0 Å². The van der Waals surface area contributed by atoms with Crippen LogP contribution < -0.4 is 0 Å². The third kappa shape index (κ3) is 3.29. The summed E-state index contributed by atoms with van der Waals surface area (Å²) < 4.78 is 60.1. The van der Waals surface area contributed by atoms with Crippen LogP contribution in [0, 0.1) is 0 Å². The molecule has 0 aromatic heterocycles. The van der Waals surface area contributed by atoms with E-state index in [1.54, 1.807) is 0 Å². The van der Waals surface area contributed by atoms with Crippen molar-refractivity contribution in [2.75, 3.05) is 0 Å². The standard InChI is InChI=1S/C10H7F5O/c11-9(12)8(16)5-6-1-3-7(4-2-6)10(13,14)15/h1-4,9H,5H2. The summed E-state index contributed by atoms with van der Waals surface area (Å²) in [5, 5.41) is 0. The molecule has 1 rings (SSSR count). The van der Waals surface area contributed by atoms with Crippen LogP contribution in [0.4, 0.5) is 22.0 Å². The molecular formula is C10H7F5O. The second-order valence-electron chi connectivity index (χ2n) is 3.14. The van der Waals surface area contributed by atoms with Gasteiger partial charge in [-0.3, -0.25) is 4.79 Å². The molecule has 0 amide bonds. The zero-order valence-corrected chi connectivity index (χ0v) is 7.89. The molecule has 0 aliphatic carbocycles. The highest BCUT2D eigenvalue weighted by Crippen LogP contribution is 2.29. The van der Waals surface area contributed by atoms with Crippen molar-refractivity contribution in [2.45, 2.75) is 19.0 Å². The van der Waals surface area contributed by atoms with Crippen molar-refractivity contribution in [3.8, 4) is 0 Å². The number of halogens is 5. The molecule has 0 saturated carbocycles. The molecule has 0 heterocycles. The highest BCUT2D eigenvalue weighted by Gasteiger charge is 2.30. The SMILES string of the molecule is O=C(Cc1ccc(C(F)(F)F)cc1)C(F)F. The Hall–Kier alpha value is -1.46. The third-order valence-electron chi connectivity index (χ3n) is 1.90. The lowest BCUT2D eigenvalue weighted by atomic mass is 10.1. The highest BCUT2D eigenvalue weighted by atomic mass is 19.4. The van der Waals surface area contributed by atoms with E-state index in [0.29, 0.717) is 0 Å². The first-order valence-electron chi connectivity index (χ1n) is 4.27. The number of Topliss-reactive ketones (excluding diaryl/α,β-unsaturated/α-hetero) is 1. The predicted octanol–water partition coefficient (Wildman–Crippen LogP) is 3.08. The Morgan fingerprint density at radius 3 is 2.00 bits per heavy atom. The van der Waals surface area contributed by atoms with Crippen molar-refractivity contribution in [1.82, 2.24) is 0 Å². The van der Waals surface area contributed by atoms with E-state index >= 15 is 0 Å². The zero-order chi connectivity index (χ0) is 12.3. The van der Waals surface area contributed by atoms with E-state index < -0.39 is 30.4 Å². The molecule has 0 saturated heterocycles. The Bertz CT molecular complexity index is 366. The molecular weight excluding hydrogens is 231 g/mol. The summed E-state index contributed by atoms with van der Waals surface area (Å²) in [4.78, 5) is 10.6. The summed E-state index contributed by atoms with van der Waals surface area (Å²) >= 11 is 0. The van der Waals surface area contributed by atoms with E-state index in [1.165, 1.54) is 0 Å². The van der Waals surface area contributed by atoms with E-state index in [0.717, 1.165) is 24.3 Å². The molecule has 0 aliphatic rings. The fourth-order valence-corrected chi connectivity index (χ4v) is 1.09. The molecule has 1 nitrogen and oxygen atoms in total. The molecule has 1 aromatic rings. The number of ketones is 1. The number of alkyl halides is 5. The Kier molecular flexibility index (Phi) is 3.62. The van der Waals surface area contributed by atoms with Crippen LogP contribution in [0.15, 0.2) is 24.3 Å². The largest absolute Gasteiger partial charge is 0.416 e. The first-order chi connectivity index (χ1) is 7.30. The second kappa shape index (κ2) is 4.59. The smallest absolute Gasteiger partial charge is 0.293 e. The molecule has 16 heavy (non-hydrogen) atoms. The molecule has 0 N–H and O–H groups in total. The topological polar surface area (TPSA) is 17.1 Å². The second-order valence-corrected chi connectivity index (χ2v) is 3.14. The van der Waals surface area contributed by atoms with Gasteiger partial charge < -0.3 is 0 Å². The first kappa shape index (κ1) is 12.6. The van der Waals surface area contributed by atoms with Gasteiger partial charge in [0.05, 0.1) is 5.56 Å². The summed E-state index contributed by atoms with van der Waals surface area (Å²) in [6, 6.07) is 3.55. The fraction of sp³-hybridized carbons (Fsp3) is 0.300. The number of benzene rings is 1. The molecule has 0 spiro atoms. The van der Waals surface area contributed by atoms with Gasteiger partial charge >= 0.3 is 6.18 Å². The number of hydrogen-bond donors (Lipinski definition) is 0. The van der Waals surface area contributed by atoms with Crippen molar-refractivity contribution >= 4 is 5.78 Å². The predicted molar refractivity (Wildman–Crippen MR) is 46.2 cm³/mol. The highest BCUT2D eigenvalue weighted by molar-refractivity contribution is 5.83. The molecule has 0 bridgehead atoms. The van der Waals surface area contributed by atoms with E-state index in [4.69, 9.17) is 0 Å². The lowest BCUT2D eigenvalue weighted by Crippen LogP contribution is -2.13. The monoisotopic (exact) mass is 238 g/mol. The minimum atomic E-state index is -4.47. The summed E-state index contributed by atoms with van der Waals surface area (Å²) in [5.74, 6) is -1.31. The Morgan fingerprint density at radius 1 is 1.12 bits per heavy atom. The van der Waals surface area contributed by atoms with Gasteiger partial charge in [-0.15, -0.1) is 0 Å². The third-order valence-corrected chi connectivity index (χ3v) is 1.90. The Labute approximate surface area is 87.9 Å². The van der Waals surface area contributed by atoms with Gasteiger partial charge in [-0.2, -0.15) is 13.2 Å². The van der Waals surface area contributed by atoms with Crippen molar-refractivity contribution in [3.63, 3.8) is 0 Å². The minimum absolute atomic E-state index is 0.137. The first-order valence-corrected chi connectivity index (χ1v) is 4.27. The maximum absolute atomic E-state index is 12.1. The fourth-order valence-electron chi connectivity index (χ4n) is 1.09. The quantitative estimate of drug-likeness (QED) is 0.739. The number of carbonyl (C=O) groups excluding carboxylic acids is 1. The molecule has 88 valence electrons. The lowest BCUT2D eigenvalue weighted by molar-refractivity contribution is -0.137. The van der Waals surface area contributed by atoms with Crippen LogP contribution in [-0.4, -0.2) is 12.2 Å². The molecule has 0 radical (unpaired) electrons. The number of carbonyl (C=O) groups is 1. The van der Waals surface area contributed by atoms with E-state index in [-0.39, 0.29) is 5.56 Å². The summed E-state index contributed by atoms with van der Waals surface area (Å²) in [7, 11) is 0. The molecule has 0 atom stereocenters. The van der Waals surface area contributed by atoms with Crippen LogP contribution in [-0.2, 0) is 17.4 Å². The Balaban J connectivity index is 2.76. The molecule has 6 heteroatoms. The summed E-state index contributed by atoms with van der Waals surface area (Å²) in [5.41, 5.74) is -0.737. The lowest BCUT2D eigenvalue weighted by Gasteiger charge is -2.07. The molecule has 0 aliphatic heterocycles. The van der Waals surface area contributed by atoms with Gasteiger partial charge in [0.2, 0.25) is 5.78 Å². The van der Waals surface area contributed by atoms with Crippen LogP contribution >= 0.6 is 0 Å². The molecule has 0 fully saturated rings. The van der Waals surface area contributed by atoms with E-state index in [2.05, 4.69) is 0 Å². The van der Waals surface area contributed by atoms with Gasteiger partial charge in [0.25, 0.3) is 6.43 Å². The van der Waals surface area contributed by atoms with Gasteiger partial charge in [0, 0.05) is 6.42 Å². The maximum Gasteiger partial charge on any atom is 0.416 e. The van der Waals surface area contributed by atoms with Crippen LogP contribution in [0.3, 0.4) is 0 Å². The van der Waals surface area contributed by atoms with E-state index in [1.807, 2.05) is 0 Å². The van der Waals surface area contributed by atoms with E-state index in [9.17, 15) is 26.7 Å². The van der Waals surface area contributed by atoms with Gasteiger partial charge in [-0.1, -0.05) is 12.1 Å². The van der Waals surface area contributed by atoms with Crippen LogP contribution in [0.2, 0.25) is 0 Å².